The number of aryl methyl sites for hydroxylation is 6. The normalized spacial score (nSPS) is 17.4. The molecule has 3 aromatic carbocycles. The van der Waals surface area contributed by atoms with E-state index in [-0.39, 0.29) is 69.4 Å². The number of rotatable bonds is 13. The van der Waals surface area contributed by atoms with Crippen LogP contribution in [0.25, 0.3) is 0 Å². The van der Waals surface area contributed by atoms with Crippen LogP contribution >= 0.6 is 34.0 Å². The molecule has 9 aromatic rings. The summed E-state index contributed by atoms with van der Waals surface area (Å²) in [7, 11) is 11.4. The third-order valence-corrected chi connectivity index (χ3v) is 24.6. The molecule has 3 N–H and O–H groups in total. The van der Waals surface area contributed by atoms with Gasteiger partial charge in [-0.1, -0.05) is 0 Å². The third kappa shape index (κ3) is 18.6. The molecule has 4 saturated heterocycles. The van der Waals surface area contributed by atoms with Crippen molar-refractivity contribution < 1.29 is 53.9 Å². The van der Waals surface area contributed by atoms with Crippen molar-refractivity contribution in [3.63, 3.8) is 0 Å². The number of halogens is 9. The molecule has 622 valence electrons. The highest BCUT2D eigenvalue weighted by Gasteiger charge is 2.45. The minimum Gasteiger partial charge on any atom is -0.371 e. The SMILES string of the molecule is Cc1nc2c(s1)N(C)c1nc(Nc3ccc(N4CCC(N5CCN(C)CC5)CC4)cc3C)ncc1N(CC(F)(F)F)C2=O.Cc1nc2c(s1)N(C)c1nc(Nc3ccc(N4CCN(C)CC4)c(C)c3)ncc1N(CC(F)(F)F)C2=O.Cc1nc2c(s1)N(C)c1nc(Nc3ccc(N4CCN(C)CC4)cc3C)ncc1N(CC(F)(F)F)C2=O. The van der Waals surface area contributed by atoms with Crippen LogP contribution in [0, 0.1) is 41.5 Å². The molecule has 28 nitrogen and oxygen atoms in total. The first kappa shape index (κ1) is 83.1. The van der Waals surface area contributed by atoms with Crippen LogP contribution in [0.4, 0.5) is 141 Å². The highest BCUT2D eigenvalue weighted by atomic mass is 32.1. The predicted molar refractivity (Wildman–Crippen MR) is 441 cm³/mol. The van der Waals surface area contributed by atoms with Crippen LogP contribution in [0.3, 0.4) is 0 Å². The zero-order valence-electron chi connectivity index (χ0n) is 66.6. The lowest BCUT2D eigenvalue weighted by molar-refractivity contribution is -0.119. The van der Waals surface area contributed by atoms with Crippen molar-refractivity contribution in [2.75, 3.05) is 214 Å². The number of nitrogens with zero attached hydrogens (tertiary/aromatic N) is 22. The Labute approximate surface area is 682 Å². The summed E-state index contributed by atoms with van der Waals surface area (Å²) in [5.41, 5.74) is 8.70. The highest BCUT2D eigenvalue weighted by molar-refractivity contribution is 7.17. The zero-order valence-corrected chi connectivity index (χ0v) is 69.1. The van der Waals surface area contributed by atoms with E-state index in [0.717, 1.165) is 155 Å². The van der Waals surface area contributed by atoms with Crippen molar-refractivity contribution in [3.8, 4) is 0 Å². The molecule has 0 atom stereocenters. The molecule has 7 aliphatic rings. The molecule has 3 amide bonds. The molecule has 13 heterocycles. The lowest BCUT2D eigenvalue weighted by Gasteiger charge is -2.42. The molecule has 0 saturated carbocycles. The molecule has 117 heavy (non-hydrogen) atoms. The summed E-state index contributed by atoms with van der Waals surface area (Å²) in [4.78, 5) is 102. The molecule has 0 aliphatic carbocycles. The van der Waals surface area contributed by atoms with Crippen molar-refractivity contribution in [3.05, 3.63) is 122 Å². The number of thiazole rings is 3. The fourth-order valence-corrected chi connectivity index (χ4v) is 17.8. The number of alkyl halides is 9. The Morgan fingerprint density at radius 2 is 0.726 bits per heavy atom. The van der Waals surface area contributed by atoms with Crippen molar-refractivity contribution in [2.45, 2.75) is 79.0 Å². The first-order valence-electron chi connectivity index (χ1n) is 38.0. The van der Waals surface area contributed by atoms with Gasteiger partial charge in [-0.15, -0.1) is 34.0 Å². The van der Waals surface area contributed by atoms with Gasteiger partial charge in [0.2, 0.25) is 17.8 Å². The first-order valence-corrected chi connectivity index (χ1v) is 40.5. The number of likely N-dealkylation sites (N-methyl/N-ethyl adjacent to an activating group) is 3. The standard InChI is InChI=1S/C29H36F3N9OS.2C24H27F3N8OS/c1-18-15-21(39-9-7-20(8-10-39)40-13-11-37(3)12-14-40)5-6-22(18)35-28-33-16-23-25(36-28)38(4)27-24(34-19(2)43-27)26(42)41(23)17-29(30,31)32;1-14-11-16(34-9-7-32(3)8-10-34)5-6-17(14)30-23-28-12-18-20(31-23)33(4)22-19(29-15(2)37-22)21(36)35(18)13-24(25,26)27;1-14-11-16(5-6-17(14)34-9-7-32(3)8-10-34)30-23-28-12-18-20(31-23)33(4)22-19(29-15(2)37-22)21(36)35(18)13-24(25,26)27/h5-6,15-16,20H,7-14,17H2,1-4H3,(H,33,35,36);2*5-6,11-12H,7-10,13H2,1-4H3,(H,28,30,31). The van der Waals surface area contributed by atoms with Gasteiger partial charge in [-0.2, -0.15) is 54.5 Å². The molecule has 0 unspecified atom stereocenters. The molecule has 40 heteroatoms. The fourth-order valence-electron chi connectivity index (χ4n) is 15.2. The van der Waals surface area contributed by atoms with Crippen LogP contribution in [-0.4, -0.2) is 260 Å². The number of amides is 3. The maximum atomic E-state index is 13.5. The molecule has 0 spiro atoms. The summed E-state index contributed by atoms with van der Waals surface area (Å²) in [6.45, 7) is 21.2. The Morgan fingerprint density at radius 3 is 1.08 bits per heavy atom. The van der Waals surface area contributed by atoms with Crippen LogP contribution in [0.5, 0.6) is 0 Å². The van der Waals surface area contributed by atoms with E-state index in [1.807, 2.05) is 51.1 Å². The van der Waals surface area contributed by atoms with E-state index in [2.05, 4.69) is 141 Å². The summed E-state index contributed by atoms with van der Waals surface area (Å²) in [6.07, 6.45) is -7.77. The van der Waals surface area contributed by atoms with Gasteiger partial charge in [0.15, 0.2) is 34.5 Å². The van der Waals surface area contributed by atoms with Gasteiger partial charge in [-0.05, 0) is 147 Å². The maximum Gasteiger partial charge on any atom is 0.406 e. The van der Waals surface area contributed by atoms with Gasteiger partial charge in [-0.25, -0.2) is 29.9 Å². The smallest absolute Gasteiger partial charge is 0.371 e. The largest absolute Gasteiger partial charge is 0.406 e. The Balaban J connectivity index is 0.000000145. The van der Waals surface area contributed by atoms with Gasteiger partial charge in [0.25, 0.3) is 17.7 Å². The van der Waals surface area contributed by atoms with Crippen LogP contribution in [0.1, 0.15) is 76.0 Å². The van der Waals surface area contributed by atoms with Gasteiger partial charge < -0.3 is 60.0 Å². The number of carbonyl (C=O) groups excluding carboxylic acids is 3. The third-order valence-electron chi connectivity index (χ3n) is 21.5. The number of aromatic nitrogens is 9. The van der Waals surface area contributed by atoms with Gasteiger partial charge in [-0.3, -0.25) is 34.0 Å². The van der Waals surface area contributed by atoms with Crippen molar-refractivity contribution in [2.24, 2.45) is 0 Å². The van der Waals surface area contributed by atoms with Gasteiger partial charge in [0.05, 0.1) is 33.6 Å². The lowest BCUT2D eigenvalue weighted by atomic mass is 10.0. The Morgan fingerprint density at radius 1 is 0.385 bits per heavy atom. The van der Waals surface area contributed by atoms with E-state index in [9.17, 15) is 53.9 Å². The zero-order chi connectivity index (χ0) is 83.4. The number of piperazine rings is 3. The summed E-state index contributed by atoms with van der Waals surface area (Å²) >= 11 is 3.68. The van der Waals surface area contributed by atoms with E-state index in [4.69, 9.17) is 0 Å². The maximum absolute atomic E-state index is 13.5. The van der Waals surface area contributed by atoms with Crippen molar-refractivity contribution in [1.29, 1.82) is 0 Å². The molecule has 6 aromatic heterocycles. The van der Waals surface area contributed by atoms with Crippen LogP contribution in [-0.2, 0) is 0 Å². The molecular weight excluding hydrogens is 1590 g/mol. The van der Waals surface area contributed by atoms with Crippen LogP contribution in [0.15, 0.2) is 73.2 Å². The number of hydrogen-bond donors (Lipinski definition) is 3. The number of benzene rings is 3. The van der Waals surface area contributed by atoms with Gasteiger partial charge in [0, 0.05) is 153 Å². The summed E-state index contributed by atoms with van der Waals surface area (Å²) < 4.78 is 121. The van der Waals surface area contributed by atoms with E-state index in [1.165, 1.54) is 52.6 Å². The van der Waals surface area contributed by atoms with Crippen LogP contribution < -0.4 is 60.0 Å². The number of piperidine rings is 1. The second-order valence-electron chi connectivity index (χ2n) is 30.1. The Bertz CT molecular complexity index is 5170. The Kier molecular flexibility index (Phi) is 23.8. The Hall–Kier alpha value is -10.4. The lowest BCUT2D eigenvalue weighted by Crippen LogP contribution is -2.52. The predicted octanol–water partition coefficient (Wildman–Crippen LogP) is 13.5. The van der Waals surface area contributed by atoms with Gasteiger partial charge >= 0.3 is 18.5 Å². The molecule has 16 rings (SSSR count). The summed E-state index contributed by atoms with van der Waals surface area (Å²) in [5.74, 6) is -1.29. The minimum atomic E-state index is -4.61. The summed E-state index contributed by atoms with van der Waals surface area (Å²) in [5, 5.41) is 12.6. The second kappa shape index (κ2) is 33.5. The first-order chi connectivity index (χ1) is 55.5. The number of fused-ring (bicyclic) bond motifs is 6. The average molecular weight is 1680 g/mol. The van der Waals surface area contributed by atoms with E-state index in [1.54, 1.807) is 56.6 Å². The van der Waals surface area contributed by atoms with Crippen molar-refractivity contribution in [1.82, 2.24) is 64.5 Å². The minimum absolute atomic E-state index is 0.0229. The van der Waals surface area contributed by atoms with Crippen LogP contribution in [0.2, 0.25) is 0 Å². The van der Waals surface area contributed by atoms with E-state index < -0.39 is 55.9 Å². The topological polar surface area (TPSA) is 245 Å². The van der Waals surface area contributed by atoms with E-state index in [0.29, 0.717) is 50.8 Å². The highest BCUT2D eigenvalue weighted by Crippen LogP contribution is 2.47. The quantitative estimate of drug-likeness (QED) is 0.0908. The average Bonchev–Trinajstić information content (AvgIpc) is 1.63. The fraction of sp³-hybridized carbons (Fsp3) is 0.455. The monoisotopic (exact) mass is 1680 g/mol. The molecule has 0 bridgehead atoms. The number of carbonyl (C=O) groups is 3. The van der Waals surface area contributed by atoms with Crippen molar-refractivity contribution >= 4 is 153 Å². The number of nitrogens with one attached hydrogen (secondary N) is 3. The van der Waals surface area contributed by atoms with Gasteiger partial charge in [0.1, 0.15) is 51.7 Å². The van der Waals surface area contributed by atoms with E-state index >= 15 is 0 Å². The number of anilines is 18. The second-order valence-corrected chi connectivity index (χ2v) is 33.6. The molecule has 0 radical (unpaired) electrons. The summed E-state index contributed by atoms with van der Waals surface area (Å²) in [6, 6.07) is 18.9. The molecular formula is C77H90F9N25O3S3. The molecule has 4 fully saturated rings. The number of hydrogen-bond acceptors (Lipinski definition) is 28. The molecule has 7 aliphatic heterocycles.